The average molecular weight is 280 g/mol. The smallest absolute Gasteiger partial charge is 0.342 e. The molecule has 2 atom stereocenters. The van der Waals surface area contributed by atoms with Crippen LogP contribution in [0.3, 0.4) is 0 Å². The molecule has 2 rings (SSSR count). The molecule has 0 amide bonds. The molecule has 2 unspecified atom stereocenters. The summed E-state index contributed by atoms with van der Waals surface area (Å²) in [6, 6.07) is 4.12. The van der Waals surface area contributed by atoms with E-state index in [2.05, 4.69) is 5.32 Å². The molecule has 1 saturated carbocycles. The Morgan fingerprint density at radius 2 is 2.20 bits per heavy atom. The van der Waals surface area contributed by atoms with Crippen LogP contribution in [0.2, 0.25) is 0 Å². The van der Waals surface area contributed by atoms with E-state index in [4.69, 9.17) is 5.11 Å². The SMILES string of the molecule is O=C(O)c1cccc(NC2CCCC2CO)c1[N+](=O)[O-]. The summed E-state index contributed by atoms with van der Waals surface area (Å²) in [5, 5.41) is 32.4. The number of aromatic carboxylic acids is 1. The van der Waals surface area contributed by atoms with Crippen LogP contribution in [0.1, 0.15) is 29.6 Å². The largest absolute Gasteiger partial charge is 0.477 e. The van der Waals surface area contributed by atoms with Crippen molar-refractivity contribution >= 4 is 17.3 Å². The zero-order valence-corrected chi connectivity index (χ0v) is 10.8. The Kier molecular flexibility index (Phi) is 4.19. The fraction of sp³-hybridized carbons (Fsp3) is 0.462. The zero-order chi connectivity index (χ0) is 14.7. The molecule has 0 radical (unpaired) electrons. The lowest BCUT2D eigenvalue weighted by Gasteiger charge is -2.20. The third-order valence-electron chi connectivity index (χ3n) is 3.68. The predicted molar refractivity (Wildman–Crippen MR) is 71.9 cm³/mol. The molecule has 1 aliphatic rings. The zero-order valence-electron chi connectivity index (χ0n) is 10.8. The summed E-state index contributed by atoms with van der Waals surface area (Å²) in [7, 11) is 0. The van der Waals surface area contributed by atoms with Crippen molar-refractivity contribution in [2.75, 3.05) is 11.9 Å². The fourth-order valence-corrected chi connectivity index (χ4v) is 2.67. The molecule has 0 saturated heterocycles. The van der Waals surface area contributed by atoms with Crippen molar-refractivity contribution in [1.82, 2.24) is 0 Å². The molecule has 0 heterocycles. The van der Waals surface area contributed by atoms with Gasteiger partial charge in [-0.2, -0.15) is 0 Å². The van der Waals surface area contributed by atoms with Gasteiger partial charge in [0, 0.05) is 18.6 Å². The standard InChI is InChI=1S/C13H16N2O5/c16-7-8-3-1-5-10(8)14-11-6-2-4-9(13(17)18)12(11)15(19)20/h2,4,6,8,10,14,16H,1,3,5,7H2,(H,17,18). The molecule has 1 fully saturated rings. The van der Waals surface area contributed by atoms with Crippen LogP contribution in [-0.4, -0.2) is 33.8 Å². The van der Waals surface area contributed by atoms with Crippen LogP contribution < -0.4 is 5.32 Å². The Morgan fingerprint density at radius 1 is 1.45 bits per heavy atom. The van der Waals surface area contributed by atoms with E-state index in [-0.39, 0.29) is 29.8 Å². The highest BCUT2D eigenvalue weighted by molar-refractivity contribution is 5.95. The normalized spacial score (nSPS) is 21.6. The van der Waals surface area contributed by atoms with Crippen LogP contribution in [0.15, 0.2) is 18.2 Å². The lowest BCUT2D eigenvalue weighted by molar-refractivity contribution is -0.384. The minimum absolute atomic E-state index is 0.0179. The summed E-state index contributed by atoms with van der Waals surface area (Å²) in [6.07, 6.45) is 2.61. The van der Waals surface area contributed by atoms with Gasteiger partial charge in [-0.3, -0.25) is 10.1 Å². The second kappa shape index (κ2) is 5.87. The first kappa shape index (κ1) is 14.3. The van der Waals surface area contributed by atoms with E-state index >= 15 is 0 Å². The van der Waals surface area contributed by atoms with Crippen LogP contribution in [0.5, 0.6) is 0 Å². The highest BCUT2D eigenvalue weighted by atomic mass is 16.6. The lowest BCUT2D eigenvalue weighted by atomic mass is 10.0. The van der Waals surface area contributed by atoms with Crippen molar-refractivity contribution in [3.05, 3.63) is 33.9 Å². The van der Waals surface area contributed by atoms with Gasteiger partial charge in [0.25, 0.3) is 0 Å². The summed E-state index contributed by atoms with van der Waals surface area (Å²) in [5.74, 6) is -1.28. The number of carboxylic acid groups (broad SMARTS) is 1. The first-order valence-electron chi connectivity index (χ1n) is 6.42. The number of nitro benzene ring substituents is 1. The Balaban J connectivity index is 2.34. The van der Waals surface area contributed by atoms with Gasteiger partial charge in [0.15, 0.2) is 0 Å². The molecule has 7 nitrogen and oxygen atoms in total. The Labute approximate surface area is 115 Å². The number of nitrogens with zero attached hydrogens (tertiary/aromatic N) is 1. The minimum atomic E-state index is -1.33. The van der Waals surface area contributed by atoms with Crippen molar-refractivity contribution in [2.45, 2.75) is 25.3 Å². The molecule has 108 valence electrons. The average Bonchev–Trinajstić information content (AvgIpc) is 2.85. The molecule has 7 heteroatoms. The van der Waals surface area contributed by atoms with Crippen LogP contribution in [0.4, 0.5) is 11.4 Å². The minimum Gasteiger partial charge on any atom is -0.477 e. The van der Waals surface area contributed by atoms with E-state index in [1.807, 2.05) is 0 Å². The molecule has 0 aliphatic heterocycles. The van der Waals surface area contributed by atoms with Crippen LogP contribution in [-0.2, 0) is 0 Å². The van der Waals surface area contributed by atoms with Gasteiger partial charge in [-0.1, -0.05) is 12.5 Å². The number of nitro groups is 1. The molecular weight excluding hydrogens is 264 g/mol. The molecular formula is C13H16N2O5. The van der Waals surface area contributed by atoms with Gasteiger partial charge in [-0.05, 0) is 25.0 Å². The van der Waals surface area contributed by atoms with Gasteiger partial charge in [0.05, 0.1) is 4.92 Å². The maximum Gasteiger partial charge on any atom is 0.342 e. The molecule has 1 aliphatic carbocycles. The number of hydrogen-bond donors (Lipinski definition) is 3. The number of hydrogen-bond acceptors (Lipinski definition) is 5. The maximum atomic E-state index is 11.1. The Morgan fingerprint density at radius 3 is 2.80 bits per heavy atom. The van der Waals surface area contributed by atoms with E-state index in [0.29, 0.717) is 0 Å². The van der Waals surface area contributed by atoms with Gasteiger partial charge in [-0.15, -0.1) is 0 Å². The van der Waals surface area contributed by atoms with Crippen LogP contribution in [0.25, 0.3) is 0 Å². The number of benzene rings is 1. The number of aliphatic hydroxyl groups excluding tert-OH is 1. The van der Waals surface area contributed by atoms with Gasteiger partial charge in [0.2, 0.25) is 0 Å². The number of nitrogens with one attached hydrogen (secondary N) is 1. The molecule has 20 heavy (non-hydrogen) atoms. The second-order valence-corrected chi connectivity index (χ2v) is 4.89. The number of carbonyl (C=O) groups is 1. The van der Waals surface area contributed by atoms with Crippen LogP contribution in [0, 0.1) is 16.0 Å². The highest BCUT2D eigenvalue weighted by Crippen LogP contribution is 2.33. The third kappa shape index (κ3) is 2.72. The summed E-state index contributed by atoms with van der Waals surface area (Å²) in [5.41, 5.74) is -0.567. The quantitative estimate of drug-likeness (QED) is 0.560. The monoisotopic (exact) mass is 280 g/mol. The number of carboxylic acids is 1. The Hall–Kier alpha value is -2.15. The first-order chi connectivity index (χ1) is 9.54. The second-order valence-electron chi connectivity index (χ2n) is 4.89. The van der Waals surface area contributed by atoms with E-state index in [1.165, 1.54) is 18.2 Å². The molecule has 1 aromatic rings. The maximum absolute atomic E-state index is 11.1. The van der Waals surface area contributed by atoms with Gasteiger partial charge >= 0.3 is 11.7 Å². The van der Waals surface area contributed by atoms with E-state index < -0.39 is 16.6 Å². The summed E-state index contributed by atoms with van der Waals surface area (Å²) in [6.45, 7) is 0.0179. The third-order valence-corrected chi connectivity index (χ3v) is 3.68. The molecule has 0 aromatic heterocycles. The summed E-state index contributed by atoms with van der Waals surface area (Å²) < 4.78 is 0. The van der Waals surface area contributed by atoms with Crippen LogP contribution >= 0.6 is 0 Å². The molecule has 3 N–H and O–H groups in total. The fourth-order valence-electron chi connectivity index (χ4n) is 2.67. The van der Waals surface area contributed by atoms with Crippen molar-refractivity contribution in [3.8, 4) is 0 Å². The molecule has 0 bridgehead atoms. The number of rotatable bonds is 5. The van der Waals surface area contributed by atoms with Gasteiger partial charge in [-0.25, -0.2) is 4.79 Å². The number of anilines is 1. The summed E-state index contributed by atoms with van der Waals surface area (Å²) >= 11 is 0. The number of para-hydroxylation sites is 1. The van der Waals surface area contributed by atoms with Gasteiger partial charge < -0.3 is 15.5 Å². The van der Waals surface area contributed by atoms with Crippen molar-refractivity contribution in [3.63, 3.8) is 0 Å². The molecule has 1 aromatic carbocycles. The predicted octanol–water partition coefficient (Wildman–Crippen LogP) is 1.87. The highest BCUT2D eigenvalue weighted by Gasteiger charge is 2.30. The Bertz CT molecular complexity index is 531. The van der Waals surface area contributed by atoms with Crippen molar-refractivity contribution in [1.29, 1.82) is 0 Å². The van der Waals surface area contributed by atoms with Crippen molar-refractivity contribution < 1.29 is 19.9 Å². The first-order valence-corrected chi connectivity index (χ1v) is 6.42. The van der Waals surface area contributed by atoms with E-state index in [9.17, 15) is 20.0 Å². The number of aliphatic hydroxyl groups is 1. The lowest BCUT2D eigenvalue weighted by Crippen LogP contribution is -2.27. The topological polar surface area (TPSA) is 113 Å². The van der Waals surface area contributed by atoms with E-state index in [1.54, 1.807) is 0 Å². The van der Waals surface area contributed by atoms with Gasteiger partial charge in [0.1, 0.15) is 11.3 Å². The molecule has 0 spiro atoms. The summed E-state index contributed by atoms with van der Waals surface area (Å²) in [4.78, 5) is 21.5. The van der Waals surface area contributed by atoms with Crippen molar-refractivity contribution in [2.24, 2.45) is 5.92 Å². The van der Waals surface area contributed by atoms with E-state index in [0.717, 1.165) is 19.3 Å².